The minimum atomic E-state index is -4.67. The summed E-state index contributed by atoms with van der Waals surface area (Å²) in [6.07, 6.45) is 0.800. The van der Waals surface area contributed by atoms with E-state index in [4.69, 9.17) is 6.42 Å². The van der Waals surface area contributed by atoms with Gasteiger partial charge in [-0.1, -0.05) is 5.92 Å². The van der Waals surface area contributed by atoms with Crippen LogP contribution in [0.2, 0.25) is 0 Å². The number of amides is 2. The summed E-state index contributed by atoms with van der Waals surface area (Å²) >= 11 is 0. The van der Waals surface area contributed by atoms with Gasteiger partial charge in [0, 0.05) is 30.8 Å². The Balaban J connectivity index is 1.99. The largest absolute Gasteiger partial charge is 0.453 e. The first-order valence-electron chi connectivity index (χ1n) is 8.40. The highest BCUT2D eigenvalue weighted by Crippen LogP contribution is 2.27. The van der Waals surface area contributed by atoms with Crippen molar-refractivity contribution >= 4 is 17.6 Å². The van der Waals surface area contributed by atoms with Crippen molar-refractivity contribution in [1.29, 1.82) is 0 Å². The molecule has 0 aliphatic heterocycles. The quantitative estimate of drug-likeness (QED) is 0.679. The van der Waals surface area contributed by atoms with Crippen molar-refractivity contribution in [2.45, 2.75) is 39.3 Å². The van der Waals surface area contributed by atoms with Crippen LogP contribution >= 0.6 is 0 Å². The number of halogens is 3. The van der Waals surface area contributed by atoms with Gasteiger partial charge in [-0.05, 0) is 25.8 Å². The molecule has 0 saturated carbocycles. The van der Waals surface area contributed by atoms with Gasteiger partial charge in [0.05, 0.1) is 6.54 Å². The van der Waals surface area contributed by atoms with Gasteiger partial charge in [-0.25, -0.2) is 9.50 Å². The van der Waals surface area contributed by atoms with Crippen molar-refractivity contribution in [3.63, 3.8) is 0 Å². The topological polar surface area (TPSA) is 101 Å². The Bertz CT molecular complexity index is 930. The average Bonchev–Trinajstić information content (AvgIpc) is 3.04. The van der Waals surface area contributed by atoms with Crippen LogP contribution in [0.5, 0.6) is 0 Å². The molecule has 0 bridgehead atoms. The first-order chi connectivity index (χ1) is 13.1. The Morgan fingerprint density at radius 2 is 1.82 bits per heavy atom. The van der Waals surface area contributed by atoms with Gasteiger partial charge in [-0.15, -0.1) is 11.5 Å². The van der Waals surface area contributed by atoms with Crippen LogP contribution < -0.4 is 10.6 Å². The van der Waals surface area contributed by atoms with E-state index in [2.05, 4.69) is 31.6 Å². The van der Waals surface area contributed by atoms with Crippen molar-refractivity contribution in [3.05, 3.63) is 22.8 Å². The molecule has 11 heteroatoms. The second-order valence-corrected chi connectivity index (χ2v) is 5.99. The minimum absolute atomic E-state index is 0.0850. The molecule has 28 heavy (non-hydrogen) atoms. The first kappa shape index (κ1) is 21.1. The van der Waals surface area contributed by atoms with Crippen LogP contribution in [-0.2, 0) is 22.2 Å². The molecule has 0 radical (unpaired) electrons. The third kappa shape index (κ3) is 5.18. The molecule has 150 valence electrons. The van der Waals surface area contributed by atoms with Gasteiger partial charge in [-0.2, -0.15) is 18.2 Å². The number of carbonyl (C=O) groups excluding carboxylic acids is 2. The van der Waals surface area contributed by atoms with Crippen molar-refractivity contribution in [2.24, 2.45) is 0 Å². The fourth-order valence-electron chi connectivity index (χ4n) is 2.57. The highest BCUT2D eigenvalue weighted by molar-refractivity contribution is 5.79. The highest BCUT2D eigenvalue weighted by atomic mass is 19.4. The van der Waals surface area contributed by atoms with Crippen LogP contribution in [-0.4, -0.2) is 44.5 Å². The number of aryl methyl sites for hydroxylation is 2. The first-order valence-corrected chi connectivity index (χ1v) is 8.40. The second kappa shape index (κ2) is 8.69. The summed E-state index contributed by atoms with van der Waals surface area (Å²) in [7, 11) is 0. The lowest BCUT2D eigenvalue weighted by Gasteiger charge is -2.10. The zero-order chi connectivity index (χ0) is 20.9. The van der Waals surface area contributed by atoms with Gasteiger partial charge in [0.15, 0.2) is 0 Å². The molecule has 2 rings (SSSR count). The van der Waals surface area contributed by atoms with Crippen LogP contribution in [0.25, 0.3) is 5.78 Å². The van der Waals surface area contributed by atoms with Gasteiger partial charge >= 0.3 is 6.18 Å². The summed E-state index contributed by atoms with van der Waals surface area (Å²) in [5, 5.41) is 8.55. The summed E-state index contributed by atoms with van der Waals surface area (Å²) < 4.78 is 39.4. The molecule has 0 saturated heterocycles. The third-order valence-electron chi connectivity index (χ3n) is 3.97. The van der Waals surface area contributed by atoms with Crippen LogP contribution in [0.1, 0.15) is 35.6 Å². The highest BCUT2D eigenvalue weighted by Gasteiger charge is 2.36. The number of carbonyl (C=O) groups is 2. The van der Waals surface area contributed by atoms with E-state index >= 15 is 0 Å². The lowest BCUT2D eigenvalue weighted by molar-refractivity contribution is -0.144. The number of nitrogens with zero attached hydrogens (tertiary/aromatic N) is 4. The fraction of sp³-hybridized carbons (Fsp3) is 0.471. The number of rotatable bonds is 7. The molecule has 2 aromatic rings. The summed E-state index contributed by atoms with van der Waals surface area (Å²) in [6.45, 7) is 3.51. The Labute approximate surface area is 158 Å². The SMILES string of the molecule is C#CCNC(=O)CCNC(=O)CCc1c(C)nc2nc(C(F)(F)F)nn2c1C. The summed E-state index contributed by atoms with van der Waals surface area (Å²) in [4.78, 5) is 30.8. The zero-order valence-electron chi connectivity index (χ0n) is 15.4. The molecule has 0 spiro atoms. The smallest absolute Gasteiger partial charge is 0.356 e. The molecule has 8 nitrogen and oxygen atoms in total. The molecule has 2 heterocycles. The average molecular weight is 396 g/mol. The third-order valence-corrected chi connectivity index (χ3v) is 3.97. The molecule has 0 aromatic carbocycles. The van der Waals surface area contributed by atoms with Crippen molar-refractivity contribution in [3.8, 4) is 12.3 Å². The number of hydrogen-bond donors (Lipinski definition) is 2. The van der Waals surface area contributed by atoms with Gasteiger partial charge < -0.3 is 10.6 Å². The number of fused-ring (bicyclic) bond motifs is 1. The van der Waals surface area contributed by atoms with E-state index in [1.54, 1.807) is 13.8 Å². The standard InChI is InChI=1S/C17H19F3N6O2/c1-4-8-21-14(28)7-9-22-13(27)6-5-12-10(2)23-16-24-15(17(18,19)20)25-26(16)11(12)3/h1H,5-9H2,2-3H3,(H,21,28)(H,22,27). The molecule has 2 aromatic heterocycles. The maximum Gasteiger partial charge on any atom is 0.453 e. The number of aromatic nitrogens is 4. The van der Waals surface area contributed by atoms with E-state index in [-0.39, 0.29) is 49.9 Å². The minimum Gasteiger partial charge on any atom is -0.356 e. The van der Waals surface area contributed by atoms with E-state index in [1.165, 1.54) is 0 Å². The Morgan fingerprint density at radius 1 is 1.14 bits per heavy atom. The summed E-state index contributed by atoms with van der Waals surface area (Å²) in [6, 6.07) is 0. The Kier molecular flexibility index (Phi) is 6.56. The van der Waals surface area contributed by atoms with Crippen LogP contribution in [0, 0.1) is 26.2 Å². The molecular formula is C17H19F3N6O2. The molecule has 2 N–H and O–H groups in total. The molecule has 0 aliphatic rings. The maximum absolute atomic E-state index is 12.8. The summed E-state index contributed by atoms with van der Waals surface area (Å²) in [5.41, 5.74) is 1.53. The zero-order valence-corrected chi connectivity index (χ0v) is 15.4. The van der Waals surface area contributed by atoms with E-state index in [9.17, 15) is 22.8 Å². The number of hydrogen-bond acceptors (Lipinski definition) is 5. The van der Waals surface area contributed by atoms with Crippen molar-refractivity contribution in [1.82, 2.24) is 30.2 Å². The Hall–Kier alpha value is -3.16. The maximum atomic E-state index is 12.8. The van der Waals surface area contributed by atoms with E-state index < -0.39 is 12.0 Å². The normalized spacial score (nSPS) is 11.3. The van der Waals surface area contributed by atoms with Gasteiger partial charge in [0.2, 0.25) is 11.8 Å². The second-order valence-electron chi connectivity index (χ2n) is 5.99. The number of terminal acetylenes is 1. The predicted molar refractivity (Wildman–Crippen MR) is 93.0 cm³/mol. The molecule has 2 amide bonds. The monoisotopic (exact) mass is 396 g/mol. The number of alkyl halides is 3. The lowest BCUT2D eigenvalue weighted by Crippen LogP contribution is -2.31. The van der Waals surface area contributed by atoms with Gasteiger partial charge in [0.1, 0.15) is 0 Å². The van der Waals surface area contributed by atoms with Crippen molar-refractivity contribution < 1.29 is 22.8 Å². The van der Waals surface area contributed by atoms with Crippen LogP contribution in [0.3, 0.4) is 0 Å². The molecule has 0 aliphatic carbocycles. The molecule has 0 atom stereocenters. The molecule has 0 fully saturated rings. The Morgan fingerprint density at radius 3 is 2.46 bits per heavy atom. The number of nitrogens with one attached hydrogen (secondary N) is 2. The van der Waals surface area contributed by atoms with E-state index in [1.807, 2.05) is 0 Å². The van der Waals surface area contributed by atoms with E-state index in [0.717, 1.165) is 4.52 Å². The summed E-state index contributed by atoms with van der Waals surface area (Å²) in [5.74, 6) is 0.296. The van der Waals surface area contributed by atoms with Crippen LogP contribution in [0.15, 0.2) is 0 Å². The predicted octanol–water partition coefficient (Wildman–Crippen LogP) is 0.948. The molecule has 0 unspecified atom stereocenters. The van der Waals surface area contributed by atoms with Gasteiger partial charge in [0.25, 0.3) is 11.6 Å². The fourth-order valence-corrected chi connectivity index (χ4v) is 2.57. The van der Waals surface area contributed by atoms with E-state index in [0.29, 0.717) is 17.0 Å². The van der Waals surface area contributed by atoms with Gasteiger partial charge in [-0.3, -0.25) is 9.59 Å². The van der Waals surface area contributed by atoms with Crippen LogP contribution in [0.4, 0.5) is 13.2 Å². The van der Waals surface area contributed by atoms with Crippen molar-refractivity contribution in [2.75, 3.05) is 13.1 Å². The lowest BCUT2D eigenvalue weighted by atomic mass is 10.1. The molecular weight excluding hydrogens is 377 g/mol.